The number of nitrogens with one attached hydrogen (secondary N) is 1. The van der Waals surface area contributed by atoms with Crippen LogP contribution in [0, 0.1) is 5.82 Å². The van der Waals surface area contributed by atoms with Gasteiger partial charge in [0.05, 0.1) is 23.3 Å². The van der Waals surface area contributed by atoms with E-state index in [0.717, 1.165) is 12.2 Å². The molecule has 2 bridgehead atoms. The zero-order chi connectivity index (χ0) is 20.8. The van der Waals surface area contributed by atoms with Crippen molar-refractivity contribution in [1.82, 2.24) is 19.9 Å². The number of fused-ring (bicyclic) bond motifs is 3. The first-order chi connectivity index (χ1) is 14.5. The highest BCUT2D eigenvalue weighted by Gasteiger charge is 2.45. The van der Waals surface area contributed by atoms with Crippen molar-refractivity contribution < 1.29 is 9.18 Å². The number of rotatable bonds is 4. The van der Waals surface area contributed by atoms with Gasteiger partial charge in [-0.25, -0.2) is 19.3 Å². The van der Waals surface area contributed by atoms with Gasteiger partial charge in [0.15, 0.2) is 5.82 Å². The number of benzene rings is 1. The summed E-state index contributed by atoms with van der Waals surface area (Å²) in [6.07, 6.45) is 3.69. The summed E-state index contributed by atoms with van der Waals surface area (Å²) in [4.78, 5) is 29.4. The van der Waals surface area contributed by atoms with E-state index < -0.39 is 5.82 Å². The Bertz CT molecular complexity index is 1170. The highest BCUT2D eigenvalue weighted by molar-refractivity contribution is 6.30. The van der Waals surface area contributed by atoms with Gasteiger partial charge in [0.1, 0.15) is 23.5 Å². The number of likely N-dealkylation sites (tertiary alicyclic amines) is 1. The van der Waals surface area contributed by atoms with E-state index in [4.69, 9.17) is 16.6 Å². The Morgan fingerprint density at radius 2 is 2.10 bits per heavy atom. The number of aromatic nitrogens is 3. The first-order valence-electron chi connectivity index (χ1n) is 9.57. The molecule has 5 rings (SSSR count). The van der Waals surface area contributed by atoms with Crippen molar-refractivity contribution in [2.75, 3.05) is 23.3 Å². The quantitative estimate of drug-likeness (QED) is 0.646. The van der Waals surface area contributed by atoms with E-state index in [1.54, 1.807) is 12.1 Å². The fourth-order valence-corrected chi connectivity index (χ4v) is 4.39. The van der Waals surface area contributed by atoms with E-state index in [0.29, 0.717) is 35.0 Å². The van der Waals surface area contributed by atoms with Gasteiger partial charge in [0.2, 0.25) is 5.91 Å². The molecule has 2 atom stereocenters. The van der Waals surface area contributed by atoms with Gasteiger partial charge in [-0.1, -0.05) is 18.2 Å². The summed E-state index contributed by atoms with van der Waals surface area (Å²) in [6, 6.07) is 8.56. The first-order valence-corrected chi connectivity index (χ1v) is 9.95. The molecular formula is C21H18ClFN6O. The Morgan fingerprint density at radius 3 is 2.83 bits per heavy atom. The Morgan fingerprint density at radius 1 is 1.23 bits per heavy atom. The minimum absolute atomic E-state index is 0.0292. The number of hydrogen-bond donors (Lipinski definition) is 1. The molecule has 0 unspecified atom stereocenters. The number of hydrogen-bond acceptors (Lipinski definition) is 6. The smallest absolute Gasteiger partial charge is 0.246 e. The van der Waals surface area contributed by atoms with Crippen LogP contribution >= 0.6 is 11.6 Å². The number of carbonyl (C=O) groups is 1. The van der Waals surface area contributed by atoms with Crippen LogP contribution in [0.4, 0.5) is 21.7 Å². The number of amides is 1. The van der Waals surface area contributed by atoms with E-state index in [1.165, 1.54) is 18.5 Å². The Labute approximate surface area is 177 Å². The zero-order valence-corrected chi connectivity index (χ0v) is 16.7. The van der Waals surface area contributed by atoms with Crippen molar-refractivity contribution in [2.24, 2.45) is 0 Å². The summed E-state index contributed by atoms with van der Waals surface area (Å²) < 4.78 is 14.2. The van der Waals surface area contributed by atoms with Gasteiger partial charge >= 0.3 is 0 Å². The van der Waals surface area contributed by atoms with Crippen LogP contribution in [0.1, 0.15) is 6.42 Å². The van der Waals surface area contributed by atoms with Crippen LogP contribution in [-0.2, 0) is 4.79 Å². The normalized spacial score (nSPS) is 20.1. The highest BCUT2D eigenvalue weighted by Crippen LogP contribution is 2.35. The van der Waals surface area contributed by atoms with Crippen LogP contribution in [0.5, 0.6) is 0 Å². The molecule has 0 saturated carbocycles. The number of nitrogens with zero attached hydrogens (tertiary/aromatic N) is 5. The second-order valence-corrected chi connectivity index (χ2v) is 7.84. The van der Waals surface area contributed by atoms with E-state index >= 15 is 0 Å². The largest absolute Gasteiger partial charge is 0.350 e. The van der Waals surface area contributed by atoms with Gasteiger partial charge in [-0.05, 0) is 42.8 Å². The summed E-state index contributed by atoms with van der Waals surface area (Å²) in [7, 11) is 0. The van der Waals surface area contributed by atoms with Crippen LogP contribution < -0.4 is 10.2 Å². The van der Waals surface area contributed by atoms with Gasteiger partial charge in [-0.3, -0.25) is 4.79 Å². The molecule has 0 radical (unpaired) electrons. The molecule has 9 heteroatoms. The summed E-state index contributed by atoms with van der Waals surface area (Å²) >= 11 is 5.84. The summed E-state index contributed by atoms with van der Waals surface area (Å²) in [5.74, 6) is 0.693. The number of halogens is 2. The van der Waals surface area contributed by atoms with Crippen molar-refractivity contribution in [2.45, 2.75) is 18.5 Å². The van der Waals surface area contributed by atoms with E-state index in [2.05, 4.69) is 26.8 Å². The topological polar surface area (TPSA) is 74.2 Å². The Hall–Kier alpha value is -3.26. The molecule has 1 amide bonds. The fourth-order valence-electron chi connectivity index (χ4n) is 4.23. The lowest BCUT2D eigenvalue weighted by atomic mass is 10.2. The molecule has 4 heterocycles. The molecule has 2 saturated heterocycles. The van der Waals surface area contributed by atoms with Gasteiger partial charge in [-0.15, -0.1) is 0 Å². The van der Waals surface area contributed by atoms with Crippen LogP contribution in [0.3, 0.4) is 0 Å². The van der Waals surface area contributed by atoms with Crippen molar-refractivity contribution in [3.05, 3.63) is 60.2 Å². The summed E-state index contributed by atoms with van der Waals surface area (Å²) in [5, 5.41) is 3.31. The average Bonchev–Trinajstić information content (AvgIpc) is 3.36. The third kappa shape index (κ3) is 3.13. The van der Waals surface area contributed by atoms with Crippen LogP contribution in [0.2, 0.25) is 5.02 Å². The molecule has 7 nitrogen and oxygen atoms in total. The van der Waals surface area contributed by atoms with Crippen molar-refractivity contribution in [3.8, 4) is 0 Å². The molecule has 0 spiro atoms. The molecule has 30 heavy (non-hydrogen) atoms. The minimum Gasteiger partial charge on any atom is -0.350 e. The molecular weight excluding hydrogens is 407 g/mol. The second-order valence-electron chi connectivity index (χ2n) is 7.40. The SMILES string of the molecule is C=CC(=O)N1C[C@@H]2C[C@H]1CN2c1ccc2ncnc(Nc3ccc(Cl)cc3F)c2n1. The van der Waals surface area contributed by atoms with Crippen molar-refractivity contribution >= 4 is 45.9 Å². The lowest BCUT2D eigenvalue weighted by molar-refractivity contribution is -0.127. The van der Waals surface area contributed by atoms with E-state index in [-0.39, 0.29) is 23.7 Å². The number of anilines is 3. The third-order valence-electron chi connectivity index (χ3n) is 5.64. The molecule has 152 valence electrons. The fraction of sp³-hybridized carbons (Fsp3) is 0.238. The predicted octanol–water partition coefficient (Wildman–Crippen LogP) is 3.54. The molecule has 2 aliphatic heterocycles. The molecule has 3 aromatic rings. The molecule has 0 aliphatic carbocycles. The maximum absolute atomic E-state index is 14.2. The molecule has 2 aromatic heterocycles. The lowest BCUT2D eigenvalue weighted by Gasteiger charge is -2.34. The Kier molecular flexibility index (Phi) is 4.51. The molecule has 2 fully saturated rings. The summed E-state index contributed by atoms with van der Waals surface area (Å²) in [5.41, 5.74) is 1.45. The Balaban J connectivity index is 1.46. The van der Waals surface area contributed by atoms with Crippen LogP contribution in [0.25, 0.3) is 11.0 Å². The van der Waals surface area contributed by atoms with Crippen molar-refractivity contribution in [1.29, 1.82) is 0 Å². The average molecular weight is 425 g/mol. The number of pyridine rings is 1. The molecule has 1 aromatic carbocycles. The highest BCUT2D eigenvalue weighted by atomic mass is 35.5. The zero-order valence-electron chi connectivity index (χ0n) is 15.9. The minimum atomic E-state index is -0.478. The van der Waals surface area contributed by atoms with Gasteiger partial charge in [0.25, 0.3) is 0 Å². The van der Waals surface area contributed by atoms with Crippen molar-refractivity contribution in [3.63, 3.8) is 0 Å². The molecule has 1 N–H and O–H groups in total. The van der Waals surface area contributed by atoms with Gasteiger partial charge in [-0.2, -0.15) is 0 Å². The maximum Gasteiger partial charge on any atom is 0.246 e. The monoisotopic (exact) mass is 424 g/mol. The number of piperazine rings is 1. The molecule has 2 aliphatic rings. The third-order valence-corrected chi connectivity index (χ3v) is 5.88. The van der Waals surface area contributed by atoms with Crippen LogP contribution in [0.15, 0.2) is 49.3 Å². The first kappa shape index (κ1) is 18.7. The second kappa shape index (κ2) is 7.21. The van der Waals surface area contributed by atoms with Crippen LogP contribution in [-0.4, -0.2) is 50.9 Å². The number of carbonyl (C=O) groups excluding carboxylic acids is 1. The standard InChI is InChI=1S/C21H18ClFN6O/c1-2-19(30)29-10-13-8-14(29)9-28(13)18-6-5-17-20(27-18)21(25-11-24-17)26-16-4-3-12(22)7-15(16)23/h2-7,11,13-14H,1,8-10H2,(H,24,25,26)/t13-,14-/m0/s1. The maximum atomic E-state index is 14.2. The van der Waals surface area contributed by atoms with Gasteiger partial charge < -0.3 is 15.1 Å². The summed E-state index contributed by atoms with van der Waals surface area (Å²) in [6.45, 7) is 4.95. The van der Waals surface area contributed by atoms with Gasteiger partial charge in [0, 0.05) is 18.1 Å². The van der Waals surface area contributed by atoms with E-state index in [9.17, 15) is 9.18 Å². The van der Waals surface area contributed by atoms with E-state index in [1.807, 2.05) is 17.0 Å². The lowest BCUT2D eigenvalue weighted by Crippen LogP contribution is -2.48. The predicted molar refractivity (Wildman–Crippen MR) is 113 cm³/mol.